The highest BCUT2D eigenvalue weighted by atomic mass is 16.5. The lowest BCUT2D eigenvalue weighted by Crippen LogP contribution is -2.36. The molecule has 0 atom stereocenters. The lowest BCUT2D eigenvalue weighted by molar-refractivity contribution is -0.118. The Morgan fingerprint density at radius 3 is 2.60 bits per heavy atom. The van der Waals surface area contributed by atoms with Crippen molar-refractivity contribution in [1.82, 2.24) is 10.3 Å². The number of hydrogen-bond acceptors (Lipinski definition) is 6. The number of nitrogens with one attached hydrogen (secondary N) is 1. The lowest BCUT2D eigenvalue weighted by atomic mass is 10.2. The molecule has 1 heterocycles. The second-order valence-corrected chi connectivity index (χ2v) is 4.12. The van der Waals surface area contributed by atoms with Gasteiger partial charge < -0.3 is 15.6 Å². The van der Waals surface area contributed by atoms with E-state index >= 15 is 0 Å². The standard InChI is InChI=1S/C12H15N3O5/c1-6(2)20-8-3-7(12(18)19)5-14-10(8)11(17)15-9(16)4-13/h3,5-6H,4,13H2,1-2H3,(H,18,19)(H,15,16,17). The Morgan fingerprint density at radius 1 is 1.45 bits per heavy atom. The molecule has 0 saturated carbocycles. The molecular weight excluding hydrogens is 266 g/mol. The van der Waals surface area contributed by atoms with E-state index in [1.807, 2.05) is 5.32 Å². The third-order valence-corrected chi connectivity index (χ3v) is 2.12. The molecule has 20 heavy (non-hydrogen) atoms. The number of carboxylic acids is 1. The molecular formula is C12H15N3O5. The monoisotopic (exact) mass is 281 g/mol. The van der Waals surface area contributed by atoms with Gasteiger partial charge in [0.05, 0.1) is 18.2 Å². The number of aromatic carboxylic acids is 1. The molecule has 0 radical (unpaired) electrons. The molecule has 108 valence electrons. The highest BCUT2D eigenvalue weighted by Gasteiger charge is 2.19. The van der Waals surface area contributed by atoms with Crippen LogP contribution in [0, 0.1) is 0 Å². The van der Waals surface area contributed by atoms with E-state index in [0.29, 0.717) is 0 Å². The van der Waals surface area contributed by atoms with Crippen molar-refractivity contribution in [3.05, 3.63) is 23.5 Å². The van der Waals surface area contributed by atoms with Gasteiger partial charge in [0.25, 0.3) is 5.91 Å². The summed E-state index contributed by atoms with van der Waals surface area (Å²) in [7, 11) is 0. The highest BCUT2D eigenvalue weighted by molar-refractivity contribution is 6.05. The summed E-state index contributed by atoms with van der Waals surface area (Å²) in [5.41, 5.74) is 4.79. The van der Waals surface area contributed by atoms with Crippen LogP contribution in [0.25, 0.3) is 0 Å². The molecule has 1 aromatic rings. The van der Waals surface area contributed by atoms with Crippen molar-refractivity contribution in [2.24, 2.45) is 5.73 Å². The molecule has 0 aliphatic carbocycles. The first-order chi connectivity index (χ1) is 9.35. The van der Waals surface area contributed by atoms with Gasteiger partial charge in [-0.2, -0.15) is 0 Å². The van der Waals surface area contributed by atoms with Gasteiger partial charge >= 0.3 is 5.97 Å². The molecule has 0 bridgehead atoms. The van der Waals surface area contributed by atoms with E-state index in [2.05, 4.69) is 4.98 Å². The van der Waals surface area contributed by atoms with E-state index in [9.17, 15) is 14.4 Å². The number of amides is 2. The van der Waals surface area contributed by atoms with Gasteiger partial charge in [-0.3, -0.25) is 14.9 Å². The minimum atomic E-state index is -1.20. The van der Waals surface area contributed by atoms with Gasteiger partial charge in [0.15, 0.2) is 11.4 Å². The number of aromatic nitrogens is 1. The number of hydrogen-bond donors (Lipinski definition) is 3. The van der Waals surface area contributed by atoms with E-state index in [0.717, 1.165) is 6.20 Å². The van der Waals surface area contributed by atoms with Gasteiger partial charge in [0.1, 0.15) is 0 Å². The van der Waals surface area contributed by atoms with Crippen LogP contribution in [-0.4, -0.2) is 40.5 Å². The molecule has 0 fully saturated rings. The summed E-state index contributed by atoms with van der Waals surface area (Å²) in [6.07, 6.45) is 0.717. The van der Waals surface area contributed by atoms with Crippen molar-refractivity contribution >= 4 is 17.8 Å². The molecule has 0 saturated heterocycles. The van der Waals surface area contributed by atoms with Gasteiger partial charge in [0, 0.05) is 6.20 Å². The largest absolute Gasteiger partial charge is 0.489 e. The van der Waals surface area contributed by atoms with Crippen molar-refractivity contribution in [2.75, 3.05) is 6.54 Å². The number of rotatable bonds is 5. The van der Waals surface area contributed by atoms with Crippen molar-refractivity contribution < 1.29 is 24.2 Å². The quantitative estimate of drug-likeness (QED) is 0.679. The Morgan fingerprint density at radius 2 is 2.10 bits per heavy atom. The first-order valence-corrected chi connectivity index (χ1v) is 5.79. The predicted molar refractivity (Wildman–Crippen MR) is 68.5 cm³/mol. The van der Waals surface area contributed by atoms with Gasteiger partial charge in [0.2, 0.25) is 5.91 Å². The van der Waals surface area contributed by atoms with Crippen LogP contribution in [0.1, 0.15) is 34.7 Å². The number of imide groups is 1. The van der Waals surface area contributed by atoms with E-state index in [4.69, 9.17) is 15.6 Å². The number of ether oxygens (including phenoxy) is 1. The molecule has 1 aromatic heterocycles. The van der Waals surface area contributed by atoms with Crippen molar-refractivity contribution in [3.8, 4) is 5.75 Å². The van der Waals surface area contributed by atoms with Crippen LogP contribution in [-0.2, 0) is 4.79 Å². The van der Waals surface area contributed by atoms with E-state index in [1.165, 1.54) is 6.07 Å². The Balaban J connectivity index is 3.13. The van der Waals surface area contributed by atoms with Crippen molar-refractivity contribution in [3.63, 3.8) is 0 Å². The van der Waals surface area contributed by atoms with E-state index < -0.39 is 17.8 Å². The first kappa shape index (κ1) is 15.6. The van der Waals surface area contributed by atoms with Crippen LogP contribution in [0.4, 0.5) is 0 Å². The van der Waals surface area contributed by atoms with E-state index in [-0.39, 0.29) is 29.7 Å². The fourth-order valence-electron chi connectivity index (χ4n) is 1.31. The van der Waals surface area contributed by atoms with Crippen molar-refractivity contribution in [1.29, 1.82) is 0 Å². The first-order valence-electron chi connectivity index (χ1n) is 5.79. The van der Waals surface area contributed by atoms with Crippen LogP contribution >= 0.6 is 0 Å². The second kappa shape index (κ2) is 6.62. The molecule has 0 spiro atoms. The minimum Gasteiger partial charge on any atom is -0.489 e. The van der Waals surface area contributed by atoms with Crippen LogP contribution < -0.4 is 15.8 Å². The maximum absolute atomic E-state index is 11.8. The summed E-state index contributed by atoms with van der Waals surface area (Å²) in [5, 5.41) is 10.9. The summed E-state index contributed by atoms with van der Waals surface area (Å²) in [6.45, 7) is 3.07. The van der Waals surface area contributed by atoms with Crippen LogP contribution in [0.2, 0.25) is 0 Å². The van der Waals surface area contributed by atoms with Crippen LogP contribution in [0.5, 0.6) is 5.75 Å². The molecule has 2 amide bonds. The average molecular weight is 281 g/mol. The highest BCUT2D eigenvalue weighted by Crippen LogP contribution is 2.19. The maximum Gasteiger partial charge on any atom is 0.337 e. The Hall–Kier alpha value is -2.48. The number of carboxylic acid groups (broad SMARTS) is 1. The van der Waals surface area contributed by atoms with Crippen LogP contribution in [0.15, 0.2) is 12.3 Å². The van der Waals surface area contributed by atoms with Gasteiger partial charge in [-0.05, 0) is 19.9 Å². The Kier molecular flexibility index (Phi) is 5.15. The summed E-state index contributed by atoms with van der Waals surface area (Å²) in [6, 6.07) is 1.18. The zero-order valence-corrected chi connectivity index (χ0v) is 11.0. The lowest BCUT2D eigenvalue weighted by Gasteiger charge is -2.13. The van der Waals surface area contributed by atoms with Crippen LogP contribution in [0.3, 0.4) is 0 Å². The molecule has 0 aliphatic rings. The fourth-order valence-corrected chi connectivity index (χ4v) is 1.31. The predicted octanol–water partition coefficient (Wildman–Crippen LogP) is -0.218. The van der Waals surface area contributed by atoms with Gasteiger partial charge in [-0.1, -0.05) is 0 Å². The number of carbonyl (C=O) groups is 3. The Labute approximate surface area is 114 Å². The maximum atomic E-state index is 11.8. The smallest absolute Gasteiger partial charge is 0.337 e. The molecule has 4 N–H and O–H groups in total. The van der Waals surface area contributed by atoms with Crippen molar-refractivity contribution in [2.45, 2.75) is 20.0 Å². The number of nitrogens with two attached hydrogens (primary N) is 1. The number of pyridine rings is 1. The number of carbonyl (C=O) groups excluding carboxylic acids is 2. The summed E-state index contributed by atoms with van der Waals surface area (Å²) >= 11 is 0. The summed E-state index contributed by atoms with van der Waals surface area (Å²) in [5.74, 6) is -2.68. The summed E-state index contributed by atoms with van der Waals surface area (Å²) in [4.78, 5) is 37.5. The molecule has 0 aliphatic heterocycles. The SMILES string of the molecule is CC(C)Oc1cc(C(=O)O)cnc1C(=O)NC(=O)CN. The molecule has 1 rings (SSSR count). The van der Waals surface area contributed by atoms with E-state index in [1.54, 1.807) is 13.8 Å². The zero-order chi connectivity index (χ0) is 15.3. The summed E-state index contributed by atoms with van der Waals surface area (Å²) < 4.78 is 5.34. The topological polar surface area (TPSA) is 132 Å². The van der Waals surface area contributed by atoms with Gasteiger partial charge in [-0.25, -0.2) is 9.78 Å². The second-order valence-electron chi connectivity index (χ2n) is 4.12. The zero-order valence-electron chi connectivity index (χ0n) is 11.0. The normalized spacial score (nSPS) is 10.2. The molecule has 0 unspecified atom stereocenters. The molecule has 0 aromatic carbocycles. The fraction of sp³-hybridized carbons (Fsp3) is 0.333. The Bertz CT molecular complexity index is 542. The van der Waals surface area contributed by atoms with Gasteiger partial charge in [-0.15, -0.1) is 0 Å². The molecule has 8 heteroatoms. The average Bonchev–Trinajstić information content (AvgIpc) is 2.37. The minimum absolute atomic E-state index is 0.0118. The third kappa shape index (κ3) is 4.02. The number of nitrogens with zero attached hydrogens (tertiary/aromatic N) is 1. The molecule has 8 nitrogen and oxygen atoms in total. The third-order valence-electron chi connectivity index (χ3n) is 2.12.